The first kappa shape index (κ1) is 13.8. The molecular weight excluding hydrogens is 254 g/mol. The summed E-state index contributed by atoms with van der Waals surface area (Å²) < 4.78 is 1.58. The number of benzene rings is 1. The lowest BCUT2D eigenvalue weighted by molar-refractivity contribution is -0.117. The van der Waals surface area contributed by atoms with Crippen LogP contribution >= 0.6 is 0 Å². The van der Waals surface area contributed by atoms with Crippen molar-refractivity contribution in [2.24, 2.45) is 12.8 Å². The smallest absolute Gasteiger partial charge is 0.246 e. The molecule has 1 unspecified atom stereocenters. The largest absolute Gasteiger partial charge is 0.323 e. The first-order valence-electron chi connectivity index (χ1n) is 6.07. The van der Waals surface area contributed by atoms with Crippen LogP contribution in [0.4, 0.5) is 5.69 Å². The van der Waals surface area contributed by atoms with Gasteiger partial charge in [0.05, 0.1) is 17.4 Å². The Labute approximate surface area is 116 Å². The Bertz CT molecular complexity index is 683. The van der Waals surface area contributed by atoms with Gasteiger partial charge in [0.25, 0.3) is 0 Å². The molecule has 0 aliphatic heterocycles. The van der Waals surface area contributed by atoms with Crippen molar-refractivity contribution in [2.75, 3.05) is 5.32 Å². The van der Waals surface area contributed by atoms with E-state index < -0.39 is 6.04 Å². The third-order valence-corrected chi connectivity index (χ3v) is 3.01. The van der Waals surface area contributed by atoms with E-state index in [1.165, 1.54) is 0 Å². The van der Waals surface area contributed by atoms with E-state index in [2.05, 4.69) is 16.5 Å². The Morgan fingerprint density at radius 1 is 1.55 bits per heavy atom. The predicted octanol–water partition coefficient (Wildman–Crippen LogP) is 1.24. The number of carbonyl (C=O) groups is 1. The number of nitrogens with one attached hydrogen (secondary N) is 1. The summed E-state index contributed by atoms with van der Waals surface area (Å²) in [6.07, 6.45) is 3.23. The zero-order valence-electron chi connectivity index (χ0n) is 11.3. The molecule has 0 spiro atoms. The first-order valence-corrected chi connectivity index (χ1v) is 6.07. The average Bonchev–Trinajstić information content (AvgIpc) is 2.84. The lowest BCUT2D eigenvalue weighted by Gasteiger charge is -2.12. The van der Waals surface area contributed by atoms with E-state index in [1.807, 2.05) is 13.0 Å². The molecule has 20 heavy (non-hydrogen) atoms. The number of amides is 1. The molecule has 0 radical (unpaired) electrons. The second-order valence-corrected chi connectivity index (χ2v) is 4.52. The Balaban J connectivity index is 2.20. The fraction of sp³-hybridized carbons (Fsp3) is 0.214. The molecule has 6 heteroatoms. The van der Waals surface area contributed by atoms with Crippen LogP contribution in [0.3, 0.4) is 0 Å². The molecule has 3 N–H and O–H groups in total. The Morgan fingerprint density at radius 2 is 2.30 bits per heavy atom. The lowest BCUT2D eigenvalue weighted by atomic mass is 10.1. The second kappa shape index (κ2) is 5.55. The highest BCUT2D eigenvalue weighted by Crippen LogP contribution is 2.20. The summed E-state index contributed by atoms with van der Waals surface area (Å²) in [5.74, 6) is -0.375. The molecule has 0 fully saturated rings. The van der Waals surface area contributed by atoms with E-state index in [1.54, 1.807) is 36.3 Å². The minimum atomic E-state index is -0.823. The third kappa shape index (κ3) is 2.68. The molecule has 1 heterocycles. The van der Waals surface area contributed by atoms with Gasteiger partial charge >= 0.3 is 0 Å². The van der Waals surface area contributed by atoms with E-state index in [9.17, 15) is 4.79 Å². The summed E-state index contributed by atoms with van der Waals surface area (Å²) >= 11 is 0. The van der Waals surface area contributed by atoms with Gasteiger partial charge in [-0.05, 0) is 18.6 Å². The molecule has 2 aromatic rings. The molecule has 1 amide bonds. The maximum Gasteiger partial charge on any atom is 0.246 e. The van der Waals surface area contributed by atoms with Gasteiger partial charge in [-0.25, -0.2) is 0 Å². The van der Waals surface area contributed by atoms with E-state index in [-0.39, 0.29) is 5.91 Å². The molecule has 1 atom stereocenters. The molecule has 0 bridgehead atoms. The normalized spacial score (nSPS) is 11.7. The number of rotatable bonds is 3. The molecule has 0 aliphatic carbocycles. The highest BCUT2D eigenvalue weighted by molar-refractivity contribution is 5.96. The fourth-order valence-electron chi connectivity index (χ4n) is 1.88. The monoisotopic (exact) mass is 269 g/mol. The number of nitriles is 1. The molecule has 2 rings (SSSR count). The highest BCUT2D eigenvalue weighted by atomic mass is 16.2. The van der Waals surface area contributed by atoms with Crippen LogP contribution in [-0.4, -0.2) is 15.7 Å². The summed E-state index contributed by atoms with van der Waals surface area (Å²) in [5.41, 5.74) is 8.22. The average molecular weight is 269 g/mol. The van der Waals surface area contributed by atoms with Crippen molar-refractivity contribution in [3.05, 3.63) is 47.3 Å². The maximum absolute atomic E-state index is 12.1. The van der Waals surface area contributed by atoms with Crippen LogP contribution < -0.4 is 11.1 Å². The molecule has 0 aliphatic rings. The number of hydrogen-bond donors (Lipinski definition) is 2. The van der Waals surface area contributed by atoms with Gasteiger partial charge in [-0.2, -0.15) is 10.4 Å². The summed E-state index contributed by atoms with van der Waals surface area (Å²) in [5, 5.41) is 15.8. The van der Waals surface area contributed by atoms with Gasteiger partial charge in [-0.3, -0.25) is 9.48 Å². The number of anilines is 1. The summed E-state index contributed by atoms with van der Waals surface area (Å²) in [7, 11) is 1.75. The van der Waals surface area contributed by atoms with Crippen molar-refractivity contribution in [3.8, 4) is 6.07 Å². The Kier molecular flexibility index (Phi) is 3.82. The second-order valence-electron chi connectivity index (χ2n) is 4.52. The zero-order chi connectivity index (χ0) is 14.7. The number of aryl methyl sites for hydroxylation is 2. The van der Waals surface area contributed by atoms with Gasteiger partial charge in [0.1, 0.15) is 12.1 Å². The van der Waals surface area contributed by atoms with E-state index in [4.69, 9.17) is 11.0 Å². The van der Waals surface area contributed by atoms with Crippen LogP contribution in [0, 0.1) is 18.3 Å². The quantitative estimate of drug-likeness (QED) is 0.876. The van der Waals surface area contributed by atoms with Crippen LogP contribution in [0.15, 0.2) is 30.6 Å². The van der Waals surface area contributed by atoms with Crippen LogP contribution in [0.5, 0.6) is 0 Å². The van der Waals surface area contributed by atoms with Crippen LogP contribution in [0.1, 0.15) is 22.7 Å². The van der Waals surface area contributed by atoms with Crippen molar-refractivity contribution < 1.29 is 4.79 Å². The standard InChI is InChI=1S/C14H15N5O/c1-9-4-3-5-12(11(9)6-15)18-14(20)13(16)10-7-17-19(2)8-10/h3-5,7-8,13H,16H2,1-2H3,(H,18,20). The number of hydrogen-bond acceptors (Lipinski definition) is 4. The summed E-state index contributed by atoms with van der Waals surface area (Å²) in [6.45, 7) is 1.81. The minimum Gasteiger partial charge on any atom is -0.323 e. The Morgan fingerprint density at radius 3 is 2.90 bits per heavy atom. The van der Waals surface area contributed by atoms with Gasteiger partial charge in [-0.1, -0.05) is 12.1 Å². The topological polar surface area (TPSA) is 96.7 Å². The van der Waals surface area contributed by atoms with E-state index in [0.717, 1.165) is 5.56 Å². The summed E-state index contributed by atoms with van der Waals surface area (Å²) in [4.78, 5) is 12.1. The molecule has 0 saturated heterocycles. The minimum absolute atomic E-state index is 0.375. The molecule has 102 valence electrons. The van der Waals surface area contributed by atoms with Crippen molar-refractivity contribution in [2.45, 2.75) is 13.0 Å². The fourth-order valence-corrected chi connectivity index (χ4v) is 1.88. The molecule has 1 aromatic carbocycles. The number of nitrogens with two attached hydrogens (primary N) is 1. The summed E-state index contributed by atoms with van der Waals surface area (Å²) in [6, 6.07) is 6.53. The van der Waals surface area contributed by atoms with Crippen LogP contribution in [0.2, 0.25) is 0 Å². The lowest BCUT2D eigenvalue weighted by Crippen LogP contribution is -2.27. The third-order valence-electron chi connectivity index (χ3n) is 3.01. The van der Waals surface area contributed by atoms with Crippen molar-refractivity contribution >= 4 is 11.6 Å². The van der Waals surface area contributed by atoms with Crippen LogP contribution in [-0.2, 0) is 11.8 Å². The zero-order valence-corrected chi connectivity index (χ0v) is 11.3. The van der Waals surface area contributed by atoms with Gasteiger partial charge in [-0.15, -0.1) is 0 Å². The van der Waals surface area contributed by atoms with Crippen molar-refractivity contribution in [1.82, 2.24) is 9.78 Å². The highest BCUT2D eigenvalue weighted by Gasteiger charge is 2.18. The van der Waals surface area contributed by atoms with Crippen molar-refractivity contribution in [3.63, 3.8) is 0 Å². The number of carbonyl (C=O) groups excluding carboxylic acids is 1. The molecule has 1 aromatic heterocycles. The number of aromatic nitrogens is 2. The van der Waals surface area contributed by atoms with Crippen molar-refractivity contribution in [1.29, 1.82) is 5.26 Å². The predicted molar refractivity (Wildman–Crippen MR) is 74.7 cm³/mol. The SMILES string of the molecule is Cc1cccc(NC(=O)C(N)c2cnn(C)c2)c1C#N. The van der Waals surface area contributed by atoms with E-state index >= 15 is 0 Å². The van der Waals surface area contributed by atoms with Gasteiger partial charge in [0.2, 0.25) is 5.91 Å². The van der Waals surface area contributed by atoms with Crippen LogP contribution in [0.25, 0.3) is 0 Å². The number of nitrogens with zero attached hydrogens (tertiary/aromatic N) is 3. The van der Waals surface area contributed by atoms with Gasteiger partial charge in [0.15, 0.2) is 0 Å². The first-order chi connectivity index (χ1) is 9.52. The molecular formula is C14H15N5O. The maximum atomic E-state index is 12.1. The Hall–Kier alpha value is -2.65. The van der Waals surface area contributed by atoms with E-state index in [0.29, 0.717) is 16.8 Å². The van der Waals surface area contributed by atoms with Gasteiger partial charge < -0.3 is 11.1 Å². The molecule has 6 nitrogen and oxygen atoms in total. The van der Waals surface area contributed by atoms with Gasteiger partial charge in [0, 0.05) is 18.8 Å². The molecule has 0 saturated carbocycles.